The van der Waals surface area contributed by atoms with Gasteiger partial charge in [-0.15, -0.1) is 0 Å². The van der Waals surface area contributed by atoms with Crippen molar-refractivity contribution in [2.45, 2.75) is 6.92 Å². The number of benzene rings is 2. The molecule has 2 aromatic rings. The Morgan fingerprint density at radius 1 is 1.05 bits per heavy atom. The van der Waals surface area contributed by atoms with Crippen molar-refractivity contribution < 1.29 is 4.79 Å². The SMILES string of the molecule is C/C(=N\NC(=O)Nc1ccccc1)c1ccc(N)cc1. The smallest absolute Gasteiger partial charge is 0.339 e. The van der Waals surface area contributed by atoms with Crippen LogP contribution in [0.3, 0.4) is 0 Å². The number of hydrazone groups is 1. The van der Waals surface area contributed by atoms with Gasteiger partial charge in [0.15, 0.2) is 0 Å². The average Bonchev–Trinajstić information content (AvgIpc) is 2.46. The molecule has 4 N–H and O–H groups in total. The van der Waals surface area contributed by atoms with Crippen LogP contribution in [0.4, 0.5) is 16.2 Å². The summed E-state index contributed by atoms with van der Waals surface area (Å²) in [7, 11) is 0. The molecule has 0 saturated heterocycles. The Morgan fingerprint density at radius 3 is 2.35 bits per heavy atom. The first-order valence-electron chi connectivity index (χ1n) is 6.17. The fourth-order valence-electron chi connectivity index (χ4n) is 1.60. The number of hydrogen-bond donors (Lipinski definition) is 3. The highest BCUT2D eigenvalue weighted by Crippen LogP contribution is 2.07. The third-order valence-electron chi connectivity index (χ3n) is 2.69. The number of nitrogens with zero attached hydrogens (tertiary/aromatic N) is 1. The van der Waals surface area contributed by atoms with Crippen molar-refractivity contribution in [3.63, 3.8) is 0 Å². The molecular weight excluding hydrogens is 252 g/mol. The van der Waals surface area contributed by atoms with Crippen LogP contribution in [-0.2, 0) is 0 Å². The highest BCUT2D eigenvalue weighted by atomic mass is 16.2. The van der Waals surface area contributed by atoms with Gasteiger partial charge in [0.1, 0.15) is 0 Å². The second kappa shape index (κ2) is 6.38. The maximum absolute atomic E-state index is 11.7. The monoisotopic (exact) mass is 268 g/mol. The van der Waals surface area contributed by atoms with Crippen LogP contribution in [0.1, 0.15) is 12.5 Å². The van der Waals surface area contributed by atoms with E-state index in [0.717, 1.165) is 5.56 Å². The summed E-state index contributed by atoms with van der Waals surface area (Å²) in [5.74, 6) is 0. The summed E-state index contributed by atoms with van der Waals surface area (Å²) in [6.45, 7) is 1.81. The highest BCUT2D eigenvalue weighted by molar-refractivity contribution is 6.00. The van der Waals surface area contributed by atoms with E-state index in [1.807, 2.05) is 37.3 Å². The molecule has 0 bridgehead atoms. The van der Waals surface area contributed by atoms with Gasteiger partial charge in [-0.3, -0.25) is 0 Å². The molecule has 0 aliphatic carbocycles. The van der Waals surface area contributed by atoms with Crippen LogP contribution in [0, 0.1) is 0 Å². The molecule has 2 aromatic carbocycles. The molecule has 0 aliphatic rings. The van der Waals surface area contributed by atoms with E-state index in [1.165, 1.54) is 0 Å². The molecule has 0 fully saturated rings. The average molecular weight is 268 g/mol. The zero-order valence-corrected chi connectivity index (χ0v) is 11.1. The summed E-state index contributed by atoms with van der Waals surface area (Å²) < 4.78 is 0. The van der Waals surface area contributed by atoms with Gasteiger partial charge in [-0.1, -0.05) is 30.3 Å². The Balaban J connectivity index is 1.95. The van der Waals surface area contributed by atoms with Crippen LogP contribution in [0.2, 0.25) is 0 Å². The van der Waals surface area contributed by atoms with Crippen LogP contribution in [0.25, 0.3) is 0 Å². The van der Waals surface area contributed by atoms with E-state index in [0.29, 0.717) is 17.1 Å². The number of rotatable bonds is 3. The molecule has 0 aliphatic heterocycles. The minimum Gasteiger partial charge on any atom is -0.399 e. The molecule has 20 heavy (non-hydrogen) atoms. The van der Waals surface area contributed by atoms with E-state index in [1.54, 1.807) is 24.3 Å². The lowest BCUT2D eigenvalue weighted by Crippen LogP contribution is -2.25. The number of anilines is 2. The molecule has 2 rings (SSSR count). The van der Waals surface area contributed by atoms with Crippen LogP contribution in [0.5, 0.6) is 0 Å². The van der Waals surface area contributed by atoms with Crippen LogP contribution in [-0.4, -0.2) is 11.7 Å². The number of nitrogens with one attached hydrogen (secondary N) is 2. The number of para-hydroxylation sites is 1. The van der Waals surface area contributed by atoms with Crippen molar-refractivity contribution in [3.8, 4) is 0 Å². The zero-order chi connectivity index (χ0) is 14.4. The van der Waals surface area contributed by atoms with E-state index in [4.69, 9.17) is 5.73 Å². The number of carbonyl (C=O) groups is 1. The van der Waals surface area contributed by atoms with Gasteiger partial charge in [0, 0.05) is 11.4 Å². The van der Waals surface area contributed by atoms with Gasteiger partial charge in [0.05, 0.1) is 5.71 Å². The number of nitrogens with two attached hydrogens (primary N) is 1. The molecule has 0 spiro atoms. The summed E-state index contributed by atoms with van der Waals surface area (Å²) >= 11 is 0. The summed E-state index contributed by atoms with van der Waals surface area (Å²) in [6.07, 6.45) is 0. The highest BCUT2D eigenvalue weighted by Gasteiger charge is 2.01. The molecule has 5 nitrogen and oxygen atoms in total. The third kappa shape index (κ3) is 3.84. The first-order chi connectivity index (χ1) is 9.65. The Kier molecular flexibility index (Phi) is 4.34. The summed E-state index contributed by atoms with van der Waals surface area (Å²) in [5.41, 5.74) is 11.1. The Morgan fingerprint density at radius 2 is 1.70 bits per heavy atom. The van der Waals surface area contributed by atoms with E-state index in [9.17, 15) is 4.79 Å². The third-order valence-corrected chi connectivity index (χ3v) is 2.69. The van der Waals surface area contributed by atoms with Crippen molar-refractivity contribution in [1.29, 1.82) is 0 Å². The molecule has 5 heteroatoms. The second-order valence-corrected chi connectivity index (χ2v) is 4.25. The Hall–Kier alpha value is -2.82. The molecule has 0 heterocycles. The molecule has 2 amide bonds. The molecule has 0 saturated carbocycles. The number of nitrogen functional groups attached to an aromatic ring is 1. The van der Waals surface area contributed by atoms with Gasteiger partial charge in [0.25, 0.3) is 0 Å². The molecule has 0 radical (unpaired) electrons. The normalized spacial score (nSPS) is 10.9. The lowest BCUT2D eigenvalue weighted by molar-refractivity contribution is 0.252. The van der Waals surface area contributed by atoms with E-state index >= 15 is 0 Å². The Labute approximate surface area is 117 Å². The van der Waals surface area contributed by atoms with E-state index in [2.05, 4.69) is 15.8 Å². The van der Waals surface area contributed by atoms with Gasteiger partial charge in [-0.2, -0.15) is 5.10 Å². The summed E-state index contributed by atoms with van der Waals surface area (Å²) in [5, 5.41) is 6.71. The minimum absolute atomic E-state index is 0.383. The molecule has 0 unspecified atom stereocenters. The van der Waals surface area contributed by atoms with Gasteiger partial charge in [-0.05, 0) is 36.8 Å². The van der Waals surface area contributed by atoms with Crippen molar-refractivity contribution >= 4 is 23.1 Å². The lowest BCUT2D eigenvalue weighted by atomic mass is 10.1. The zero-order valence-electron chi connectivity index (χ0n) is 11.1. The van der Waals surface area contributed by atoms with Crippen molar-refractivity contribution in [2.24, 2.45) is 5.10 Å². The first-order valence-corrected chi connectivity index (χ1v) is 6.17. The van der Waals surface area contributed by atoms with Gasteiger partial charge >= 0.3 is 6.03 Å². The molecule has 0 aromatic heterocycles. The Bertz CT molecular complexity index is 606. The van der Waals surface area contributed by atoms with Crippen molar-refractivity contribution in [2.75, 3.05) is 11.1 Å². The minimum atomic E-state index is -0.383. The molecule has 0 atom stereocenters. The standard InChI is InChI=1S/C15H16N4O/c1-11(12-7-9-13(16)10-8-12)18-19-15(20)17-14-5-3-2-4-6-14/h2-10H,16H2,1H3,(H2,17,19,20)/b18-11+. The number of urea groups is 1. The predicted octanol–water partition coefficient (Wildman–Crippen LogP) is 2.81. The largest absolute Gasteiger partial charge is 0.399 e. The van der Waals surface area contributed by atoms with Crippen molar-refractivity contribution in [3.05, 3.63) is 60.2 Å². The fourth-order valence-corrected chi connectivity index (χ4v) is 1.60. The maximum atomic E-state index is 11.7. The quantitative estimate of drug-likeness (QED) is 0.454. The second-order valence-electron chi connectivity index (χ2n) is 4.25. The number of carbonyl (C=O) groups excluding carboxylic acids is 1. The molecule has 102 valence electrons. The molecular formula is C15H16N4O. The number of amides is 2. The lowest BCUT2D eigenvalue weighted by Gasteiger charge is -2.05. The summed E-state index contributed by atoms with van der Waals surface area (Å²) in [4.78, 5) is 11.7. The number of hydrogen-bond acceptors (Lipinski definition) is 3. The topological polar surface area (TPSA) is 79.5 Å². The van der Waals surface area contributed by atoms with Crippen LogP contribution >= 0.6 is 0 Å². The summed E-state index contributed by atoms with van der Waals surface area (Å²) in [6, 6.07) is 16.1. The van der Waals surface area contributed by atoms with E-state index < -0.39 is 0 Å². The predicted molar refractivity (Wildman–Crippen MR) is 81.7 cm³/mol. The van der Waals surface area contributed by atoms with Crippen LogP contribution in [0.15, 0.2) is 59.7 Å². The maximum Gasteiger partial charge on any atom is 0.339 e. The fraction of sp³-hybridized carbons (Fsp3) is 0.0667. The van der Waals surface area contributed by atoms with E-state index in [-0.39, 0.29) is 6.03 Å². The van der Waals surface area contributed by atoms with Crippen molar-refractivity contribution in [1.82, 2.24) is 5.43 Å². The first kappa shape index (κ1) is 13.6. The van der Waals surface area contributed by atoms with Crippen LogP contribution < -0.4 is 16.5 Å². The van der Waals surface area contributed by atoms with Gasteiger partial charge in [0.2, 0.25) is 0 Å². The van der Waals surface area contributed by atoms with Gasteiger partial charge < -0.3 is 11.1 Å². The van der Waals surface area contributed by atoms with Gasteiger partial charge in [-0.25, -0.2) is 10.2 Å².